The van der Waals surface area contributed by atoms with Crippen LogP contribution in [0.5, 0.6) is 5.75 Å². The normalized spacial score (nSPS) is 12.2. The SMILES string of the molecule is CCNC(Cc1ccccc1OC)c1cc(C)ccc1Br. The fourth-order valence-electron chi connectivity index (χ4n) is 2.56. The molecule has 0 aliphatic carbocycles. The average Bonchev–Trinajstić information content (AvgIpc) is 2.50. The topological polar surface area (TPSA) is 21.3 Å². The molecule has 0 aliphatic rings. The van der Waals surface area contributed by atoms with Crippen LogP contribution in [-0.4, -0.2) is 13.7 Å². The van der Waals surface area contributed by atoms with E-state index in [2.05, 4.69) is 65.4 Å². The first-order valence-electron chi connectivity index (χ1n) is 7.27. The van der Waals surface area contributed by atoms with E-state index in [1.165, 1.54) is 16.7 Å². The summed E-state index contributed by atoms with van der Waals surface area (Å²) in [4.78, 5) is 0. The minimum Gasteiger partial charge on any atom is -0.496 e. The smallest absolute Gasteiger partial charge is 0.122 e. The molecule has 0 radical (unpaired) electrons. The maximum atomic E-state index is 5.47. The van der Waals surface area contributed by atoms with Crippen LogP contribution in [0.1, 0.15) is 29.7 Å². The molecular formula is C18H22BrNO. The molecule has 0 heterocycles. The highest BCUT2D eigenvalue weighted by Gasteiger charge is 2.16. The van der Waals surface area contributed by atoms with Crippen molar-refractivity contribution in [1.29, 1.82) is 0 Å². The van der Waals surface area contributed by atoms with E-state index in [4.69, 9.17) is 4.74 Å². The molecule has 0 saturated heterocycles. The molecule has 0 spiro atoms. The van der Waals surface area contributed by atoms with Crippen molar-refractivity contribution in [2.45, 2.75) is 26.3 Å². The summed E-state index contributed by atoms with van der Waals surface area (Å²) in [5, 5.41) is 3.58. The zero-order valence-electron chi connectivity index (χ0n) is 12.8. The first-order valence-corrected chi connectivity index (χ1v) is 8.06. The minimum absolute atomic E-state index is 0.264. The number of benzene rings is 2. The Balaban J connectivity index is 2.33. The molecule has 2 aromatic rings. The monoisotopic (exact) mass is 347 g/mol. The molecular weight excluding hydrogens is 326 g/mol. The molecule has 21 heavy (non-hydrogen) atoms. The molecule has 1 unspecified atom stereocenters. The van der Waals surface area contributed by atoms with Gasteiger partial charge in [0.1, 0.15) is 5.75 Å². The van der Waals surface area contributed by atoms with E-state index in [1.807, 2.05) is 12.1 Å². The van der Waals surface area contributed by atoms with Gasteiger partial charge < -0.3 is 10.1 Å². The third kappa shape index (κ3) is 4.08. The molecule has 2 nitrogen and oxygen atoms in total. The number of nitrogens with one attached hydrogen (secondary N) is 1. The lowest BCUT2D eigenvalue weighted by molar-refractivity contribution is 0.405. The van der Waals surface area contributed by atoms with Gasteiger partial charge in [0.25, 0.3) is 0 Å². The summed E-state index contributed by atoms with van der Waals surface area (Å²) in [5.41, 5.74) is 3.79. The second-order valence-corrected chi connectivity index (χ2v) is 6.01. The predicted octanol–water partition coefficient (Wildman–Crippen LogP) is 4.66. The van der Waals surface area contributed by atoms with Gasteiger partial charge in [-0.15, -0.1) is 0 Å². The van der Waals surface area contributed by atoms with E-state index in [-0.39, 0.29) is 6.04 Å². The van der Waals surface area contributed by atoms with Crippen molar-refractivity contribution in [3.63, 3.8) is 0 Å². The summed E-state index contributed by atoms with van der Waals surface area (Å²) in [6.45, 7) is 5.20. The van der Waals surface area contributed by atoms with Crippen LogP contribution >= 0.6 is 15.9 Å². The van der Waals surface area contributed by atoms with E-state index in [0.717, 1.165) is 23.2 Å². The minimum atomic E-state index is 0.264. The van der Waals surface area contributed by atoms with Gasteiger partial charge in [0.15, 0.2) is 0 Å². The van der Waals surface area contributed by atoms with Gasteiger partial charge in [0.05, 0.1) is 7.11 Å². The van der Waals surface area contributed by atoms with E-state index < -0.39 is 0 Å². The van der Waals surface area contributed by atoms with Crippen molar-refractivity contribution in [1.82, 2.24) is 5.32 Å². The standard InChI is InChI=1S/C18H22BrNO/c1-4-20-17(15-11-13(2)9-10-16(15)19)12-14-7-5-6-8-18(14)21-3/h5-11,17,20H,4,12H2,1-3H3. The van der Waals surface area contributed by atoms with Gasteiger partial charge in [0, 0.05) is 10.5 Å². The molecule has 1 atom stereocenters. The third-order valence-electron chi connectivity index (χ3n) is 3.59. The van der Waals surface area contributed by atoms with Crippen LogP contribution in [0.4, 0.5) is 0 Å². The quantitative estimate of drug-likeness (QED) is 0.820. The second-order valence-electron chi connectivity index (χ2n) is 5.15. The number of hydrogen-bond donors (Lipinski definition) is 1. The Morgan fingerprint density at radius 3 is 2.67 bits per heavy atom. The largest absolute Gasteiger partial charge is 0.496 e. The molecule has 2 aromatic carbocycles. The Hall–Kier alpha value is -1.32. The van der Waals surface area contributed by atoms with Crippen molar-refractivity contribution in [3.8, 4) is 5.75 Å². The summed E-state index contributed by atoms with van der Waals surface area (Å²) < 4.78 is 6.62. The highest BCUT2D eigenvalue weighted by Crippen LogP contribution is 2.30. The molecule has 112 valence electrons. The fourth-order valence-corrected chi connectivity index (χ4v) is 3.08. The molecule has 0 bridgehead atoms. The molecule has 0 fully saturated rings. The van der Waals surface area contributed by atoms with Crippen molar-refractivity contribution in [2.75, 3.05) is 13.7 Å². The van der Waals surface area contributed by atoms with Crippen molar-refractivity contribution >= 4 is 15.9 Å². The number of halogens is 1. The summed E-state index contributed by atoms with van der Waals surface area (Å²) in [5.74, 6) is 0.948. The zero-order chi connectivity index (χ0) is 15.2. The number of para-hydroxylation sites is 1. The first kappa shape index (κ1) is 16.1. The molecule has 0 aromatic heterocycles. The maximum absolute atomic E-state index is 5.47. The Labute approximate surface area is 135 Å². The number of methoxy groups -OCH3 is 1. The summed E-state index contributed by atoms with van der Waals surface area (Å²) in [7, 11) is 1.73. The van der Waals surface area contributed by atoms with Gasteiger partial charge in [-0.1, -0.05) is 58.7 Å². The Kier molecular flexibility index (Phi) is 5.83. The van der Waals surface area contributed by atoms with Gasteiger partial charge >= 0.3 is 0 Å². The van der Waals surface area contributed by atoms with Gasteiger partial charge in [-0.25, -0.2) is 0 Å². The van der Waals surface area contributed by atoms with Crippen LogP contribution in [0.15, 0.2) is 46.9 Å². The van der Waals surface area contributed by atoms with Crippen LogP contribution < -0.4 is 10.1 Å². The summed E-state index contributed by atoms with van der Waals surface area (Å²) in [6.07, 6.45) is 0.903. The maximum Gasteiger partial charge on any atom is 0.122 e. The van der Waals surface area contributed by atoms with Gasteiger partial charge in [-0.2, -0.15) is 0 Å². The zero-order valence-corrected chi connectivity index (χ0v) is 14.4. The molecule has 0 amide bonds. The Morgan fingerprint density at radius 2 is 1.95 bits per heavy atom. The molecule has 2 rings (SSSR count). The van der Waals surface area contributed by atoms with Crippen molar-refractivity contribution in [3.05, 3.63) is 63.6 Å². The number of aryl methyl sites for hydroxylation is 1. The summed E-state index contributed by atoms with van der Waals surface area (Å²) >= 11 is 3.68. The highest BCUT2D eigenvalue weighted by molar-refractivity contribution is 9.10. The lowest BCUT2D eigenvalue weighted by Gasteiger charge is -2.21. The van der Waals surface area contributed by atoms with Crippen molar-refractivity contribution in [2.24, 2.45) is 0 Å². The molecule has 0 aliphatic heterocycles. The van der Waals surface area contributed by atoms with Crippen LogP contribution in [0.25, 0.3) is 0 Å². The van der Waals surface area contributed by atoms with Crippen LogP contribution in [-0.2, 0) is 6.42 Å². The third-order valence-corrected chi connectivity index (χ3v) is 4.32. The van der Waals surface area contributed by atoms with Gasteiger partial charge in [-0.3, -0.25) is 0 Å². The summed E-state index contributed by atoms with van der Waals surface area (Å²) in [6, 6.07) is 15.0. The van der Waals surface area contributed by atoms with E-state index >= 15 is 0 Å². The molecule has 0 saturated carbocycles. The van der Waals surface area contributed by atoms with Crippen LogP contribution in [0.3, 0.4) is 0 Å². The molecule has 3 heteroatoms. The highest BCUT2D eigenvalue weighted by atomic mass is 79.9. The molecule has 1 N–H and O–H groups in total. The lowest BCUT2D eigenvalue weighted by Crippen LogP contribution is -2.23. The number of ether oxygens (including phenoxy) is 1. The number of likely N-dealkylation sites (N-methyl/N-ethyl adjacent to an activating group) is 1. The number of rotatable bonds is 6. The second kappa shape index (κ2) is 7.62. The lowest BCUT2D eigenvalue weighted by atomic mass is 9.97. The van der Waals surface area contributed by atoms with Crippen LogP contribution in [0.2, 0.25) is 0 Å². The Morgan fingerprint density at radius 1 is 1.19 bits per heavy atom. The van der Waals surface area contributed by atoms with Gasteiger partial charge in [0.2, 0.25) is 0 Å². The van der Waals surface area contributed by atoms with Crippen molar-refractivity contribution < 1.29 is 4.74 Å². The first-order chi connectivity index (χ1) is 10.2. The Bertz CT molecular complexity index is 598. The average molecular weight is 348 g/mol. The van der Waals surface area contributed by atoms with E-state index in [0.29, 0.717) is 0 Å². The van der Waals surface area contributed by atoms with E-state index in [9.17, 15) is 0 Å². The fraction of sp³-hybridized carbons (Fsp3) is 0.333. The van der Waals surface area contributed by atoms with Crippen LogP contribution in [0, 0.1) is 6.92 Å². The number of hydrogen-bond acceptors (Lipinski definition) is 2. The van der Waals surface area contributed by atoms with E-state index in [1.54, 1.807) is 7.11 Å². The van der Waals surface area contributed by atoms with Gasteiger partial charge in [-0.05, 0) is 43.1 Å². The predicted molar refractivity (Wildman–Crippen MR) is 92.0 cm³/mol.